The number of nitrogens with one attached hydrogen (secondary N) is 1. The Morgan fingerprint density at radius 1 is 1.33 bits per heavy atom. The third-order valence-corrected chi connectivity index (χ3v) is 3.29. The number of hydrogen-bond donors (Lipinski definition) is 2. The maximum Gasteiger partial charge on any atom is 0.364 e. The van der Waals surface area contributed by atoms with Crippen molar-refractivity contribution in [3.8, 4) is 0 Å². The lowest BCUT2D eigenvalue weighted by molar-refractivity contribution is 0.820. The first kappa shape index (κ1) is 10.8. The minimum atomic E-state index is -0.366. The Labute approximate surface area is 105 Å². The number of pyridine rings is 1. The van der Waals surface area contributed by atoms with Gasteiger partial charge in [-0.2, -0.15) is 14.7 Å². The number of anilines is 1. The van der Waals surface area contributed by atoms with Crippen LogP contribution in [0.5, 0.6) is 0 Å². The largest absolute Gasteiger partial charge is 0.397 e. The summed E-state index contributed by atoms with van der Waals surface area (Å²) in [5, 5.41) is 11.0. The van der Waals surface area contributed by atoms with Crippen molar-refractivity contribution in [3.63, 3.8) is 0 Å². The highest BCUT2D eigenvalue weighted by Gasteiger charge is 2.06. The summed E-state index contributed by atoms with van der Waals surface area (Å²) in [4.78, 5) is 16.1. The maximum atomic E-state index is 11.4. The first-order valence-electron chi connectivity index (χ1n) is 5.06. The van der Waals surface area contributed by atoms with E-state index < -0.39 is 0 Å². The van der Waals surface area contributed by atoms with Crippen LogP contribution in [0.4, 0.5) is 5.69 Å². The van der Waals surface area contributed by atoms with E-state index in [9.17, 15) is 4.79 Å². The molecule has 3 aromatic rings. The molecule has 3 heterocycles. The lowest BCUT2D eigenvalue weighted by Crippen LogP contribution is -2.12. The summed E-state index contributed by atoms with van der Waals surface area (Å²) >= 11 is 1.36. The van der Waals surface area contributed by atoms with Gasteiger partial charge in [-0.15, -0.1) is 0 Å². The van der Waals surface area contributed by atoms with Gasteiger partial charge < -0.3 is 5.73 Å². The number of nitrogen functional groups attached to an aromatic ring is 1. The molecular weight excluding hydrogens is 252 g/mol. The van der Waals surface area contributed by atoms with Gasteiger partial charge in [-0.3, -0.25) is 4.98 Å². The second kappa shape index (κ2) is 4.15. The summed E-state index contributed by atoms with van der Waals surface area (Å²) < 4.78 is 1.21. The molecule has 3 aromatic heterocycles. The van der Waals surface area contributed by atoms with Crippen LogP contribution >= 0.6 is 11.8 Å². The minimum Gasteiger partial charge on any atom is -0.397 e. The number of nitrogens with two attached hydrogens (primary N) is 1. The van der Waals surface area contributed by atoms with Crippen LogP contribution in [0, 0.1) is 0 Å². The lowest BCUT2D eigenvalue weighted by atomic mass is 10.4. The second-order valence-corrected chi connectivity index (χ2v) is 4.55. The third kappa shape index (κ3) is 1.82. The average molecular weight is 260 g/mol. The molecule has 0 aliphatic rings. The van der Waals surface area contributed by atoms with Crippen molar-refractivity contribution in [2.45, 2.75) is 9.92 Å². The van der Waals surface area contributed by atoms with E-state index in [1.54, 1.807) is 30.6 Å². The van der Waals surface area contributed by atoms with Gasteiger partial charge in [-0.1, -0.05) is 11.8 Å². The second-order valence-electron chi connectivity index (χ2n) is 3.49. The molecule has 0 saturated heterocycles. The summed E-state index contributed by atoms with van der Waals surface area (Å²) in [6.45, 7) is 0. The van der Waals surface area contributed by atoms with Gasteiger partial charge in [-0.05, 0) is 18.2 Å². The number of H-pyrrole nitrogens is 1. The van der Waals surface area contributed by atoms with Gasteiger partial charge in [-0.25, -0.2) is 9.89 Å². The summed E-state index contributed by atoms with van der Waals surface area (Å²) in [5.74, 6) is 0. The fourth-order valence-electron chi connectivity index (χ4n) is 1.44. The van der Waals surface area contributed by atoms with Gasteiger partial charge in [0.05, 0.1) is 11.9 Å². The van der Waals surface area contributed by atoms with Crippen molar-refractivity contribution in [2.75, 3.05) is 5.73 Å². The van der Waals surface area contributed by atoms with E-state index in [2.05, 4.69) is 20.3 Å². The first-order valence-corrected chi connectivity index (χ1v) is 5.87. The maximum absolute atomic E-state index is 11.4. The van der Waals surface area contributed by atoms with E-state index in [1.165, 1.54) is 16.3 Å². The van der Waals surface area contributed by atoms with E-state index in [0.717, 1.165) is 4.90 Å². The molecule has 18 heavy (non-hydrogen) atoms. The van der Waals surface area contributed by atoms with Gasteiger partial charge in [0.1, 0.15) is 5.03 Å². The fourth-order valence-corrected chi connectivity index (χ4v) is 2.22. The minimum absolute atomic E-state index is 0.366. The van der Waals surface area contributed by atoms with Gasteiger partial charge in [0.25, 0.3) is 0 Å². The smallest absolute Gasteiger partial charge is 0.364 e. The average Bonchev–Trinajstić information content (AvgIpc) is 2.74. The molecule has 0 fully saturated rings. The lowest BCUT2D eigenvalue weighted by Gasteiger charge is -2.03. The van der Waals surface area contributed by atoms with E-state index in [-0.39, 0.29) is 5.69 Å². The fraction of sp³-hybridized carbons (Fsp3) is 0. The topological polar surface area (TPSA) is 102 Å². The standard InChI is InChI=1S/C10H8N6OS/c11-6-5-12-4-3-7(6)18-9-2-1-8-13-14-10(17)16(8)15-9/h1-5H,11H2,(H,14,17). The van der Waals surface area contributed by atoms with E-state index in [0.29, 0.717) is 16.4 Å². The van der Waals surface area contributed by atoms with E-state index in [1.807, 2.05) is 0 Å². The number of fused-ring (bicyclic) bond motifs is 1. The number of hydrogen-bond acceptors (Lipinski definition) is 6. The Kier molecular flexibility index (Phi) is 2.49. The molecule has 0 bridgehead atoms. The Balaban J connectivity index is 2.03. The molecule has 0 aliphatic carbocycles. The highest BCUT2D eigenvalue weighted by Crippen LogP contribution is 2.29. The van der Waals surface area contributed by atoms with Crippen LogP contribution in [0.25, 0.3) is 5.65 Å². The van der Waals surface area contributed by atoms with Crippen LogP contribution in [0.2, 0.25) is 0 Å². The molecular formula is C10H8N6OS. The Morgan fingerprint density at radius 3 is 3.06 bits per heavy atom. The van der Waals surface area contributed by atoms with Crippen molar-refractivity contribution in [2.24, 2.45) is 0 Å². The third-order valence-electron chi connectivity index (χ3n) is 2.27. The van der Waals surface area contributed by atoms with Gasteiger partial charge in [0.15, 0.2) is 5.65 Å². The monoisotopic (exact) mass is 260 g/mol. The number of rotatable bonds is 2. The molecule has 8 heteroatoms. The molecule has 7 nitrogen and oxygen atoms in total. The van der Waals surface area contributed by atoms with Crippen molar-refractivity contribution < 1.29 is 0 Å². The first-order chi connectivity index (χ1) is 8.74. The zero-order valence-electron chi connectivity index (χ0n) is 9.07. The zero-order chi connectivity index (χ0) is 12.5. The summed E-state index contributed by atoms with van der Waals surface area (Å²) in [6.07, 6.45) is 3.23. The molecule has 0 amide bonds. The van der Waals surface area contributed by atoms with E-state index >= 15 is 0 Å². The predicted octanol–water partition coefficient (Wildman–Crippen LogP) is 0.546. The van der Waals surface area contributed by atoms with Crippen LogP contribution in [0.3, 0.4) is 0 Å². The Morgan fingerprint density at radius 2 is 2.22 bits per heavy atom. The van der Waals surface area contributed by atoms with Gasteiger partial charge in [0, 0.05) is 11.1 Å². The van der Waals surface area contributed by atoms with Crippen molar-refractivity contribution in [3.05, 3.63) is 41.1 Å². The number of aromatic nitrogens is 5. The number of aromatic amines is 1. The normalized spacial score (nSPS) is 10.9. The van der Waals surface area contributed by atoms with Gasteiger partial charge in [0.2, 0.25) is 0 Å². The molecule has 0 atom stereocenters. The van der Waals surface area contributed by atoms with Crippen LogP contribution in [0.15, 0.2) is 45.3 Å². The Bertz CT molecular complexity index is 764. The molecule has 0 aliphatic heterocycles. The van der Waals surface area contributed by atoms with Crippen molar-refractivity contribution in [1.82, 2.24) is 24.8 Å². The summed E-state index contributed by atoms with van der Waals surface area (Å²) in [7, 11) is 0. The molecule has 90 valence electrons. The molecule has 3 rings (SSSR count). The van der Waals surface area contributed by atoms with Crippen LogP contribution < -0.4 is 11.4 Å². The number of nitrogens with zero attached hydrogens (tertiary/aromatic N) is 4. The van der Waals surface area contributed by atoms with Crippen molar-refractivity contribution in [1.29, 1.82) is 0 Å². The summed E-state index contributed by atoms with van der Waals surface area (Å²) in [5.41, 5.74) is 6.48. The predicted molar refractivity (Wildman–Crippen MR) is 66.4 cm³/mol. The highest BCUT2D eigenvalue weighted by atomic mass is 32.2. The SMILES string of the molecule is Nc1cnccc1Sc1ccc2n[nH]c(=O)n2n1. The Hall–Kier alpha value is -2.35. The van der Waals surface area contributed by atoms with Crippen LogP contribution in [0.1, 0.15) is 0 Å². The zero-order valence-corrected chi connectivity index (χ0v) is 9.89. The molecule has 0 radical (unpaired) electrons. The van der Waals surface area contributed by atoms with Crippen molar-refractivity contribution >= 4 is 23.1 Å². The highest BCUT2D eigenvalue weighted by molar-refractivity contribution is 7.99. The molecule has 0 spiro atoms. The van der Waals surface area contributed by atoms with E-state index in [4.69, 9.17) is 5.73 Å². The molecule has 3 N–H and O–H groups in total. The molecule has 0 aromatic carbocycles. The molecule has 0 unspecified atom stereocenters. The summed E-state index contributed by atoms with van der Waals surface area (Å²) in [6, 6.07) is 5.29. The molecule has 0 saturated carbocycles. The quantitative estimate of drug-likeness (QED) is 0.697. The van der Waals surface area contributed by atoms with Gasteiger partial charge >= 0.3 is 5.69 Å². The van der Waals surface area contributed by atoms with Crippen LogP contribution in [-0.2, 0) is 0 Å². The van der Waals surface area contributed by atoms with Crippen LogP contribution in [-0.4, -0.2) is 24.8 Å².